The van der Waals surface area contributed by atoms with Crippen molar-refractivity contribution in [2.75, 3.05) is 6.61 Å². The number of carbonyl (C=O) groups excluding carboxylic acids is 1. The molecule has 0 heterocycles. The van der Waals surface area contributed by atoms with E-state index in [1.807, 2.05) is 6.07 Å². The summed E-state index contributed by atoms with van der Waals surface area (Å²) in [6.07, 6.45) is 1.35. The molecule has 134 valence electrons. The number of hydrogen-bond acceptors (Lipinski definition) is 4. The third kappa shape index (κ3) is 5.04. The number of nitriles is 1. The van der Waals surface area contributed by atoms with Crippen molar-refractivity contribution in [3.8, 4) is 17.6 Å². The van der Waals surface area contributed by atoms with Crippen molar-refractivity contribution in [2.45, 2.75) is 13.5 Å². The van der Waals surface area contributed by atoms with Gasteiger partial charge in [0.1, 0.15) is 11.6 Å². The van der Waals surface area contributed by atoms with Crippen molar-refractivity contribution in [1.82, 2.24) is 0 Å². The van der Waals surface area contributed by atoms with E-state index in [4.69, 9.17) is 16.3 Å². The zero-order valence-electron chi connectivity index (χ0n) is 13.7. The average Bonchev–Trinajstić information content (AvgIpc) is 2.61. The molecule has 0 N–H and O–H groups in total. The predicted molar refractivity (Wildman–Crippen MR) is 93.6 cm³/mol. The molecule has 0 spiro atoms. The fourth-order valence-corrected chi connectivity index (χ4v) is 2.27. The number of benzene rings is 2. The molecule has 2 aromatic carbocycles. The number of carbonyl (C=O) groups is 1. The second-order valence-corrected chi connectivity index (χ2v) is 5.46. The second-order valence-electron chi connectivity index (χ2n) is 5.02. The van der Waals surface area contributed by atoms with Gasteiger partial charge in [0.05, 0.1) is 6.61 Å². The predicted octanol–water partition coefficient (Wildman–Crippen LogP) is 5.13. The maximum absolute atomic E-state index is 12.4. The van der Waals surface area contributed by atoms with E-state index < -0.39 is 12.4 Å². The summed E-state index contributed by atoms with van der Waals surface area (Å²) >= 11 is 5.79. The Kier molecular flexibility index (Phi) is 6.70. The first kappa shape index (κ1) is 19.4. The average molecular weight is 378 g/mol. The van der Waals surface area contributed by atoms with Crippen LogP contribution >= 0.6 is 11.6 Å². The van der Waals surface area contributed by atoms with Crippen LogP contribution < -0.4 is 9.47 Å². The molecule has 0 bridgehead atoms. The first-order valence-corrected chi connectivity index (χ1v) is 7.96. The highest BCUT2D eigenvalue weighted by atomic mass is 35.5. The molecule has 0 atom stereocenters. The van der Waals surface area contributed by atoms with Crippen molar-refractivity contribution < 1.29 is 23.0 Å². The van der Waals surface area contributed by atoms with Gasteiger partial charge < -0.3 is 9.47 Å². The Hall–Kier alpha value is -2.91. The molecule has 0 saturated carbocycles. The van der Waals surface area contributed by atoms with E-state index >= 15 is 0 Å². The summed E-state index contributed by atoms with van der Waals surface area (Å²) in [5, 5.41) is 9.77. The van der Waals surface area contributed by atoms with Crippen LogP contribution in [0.5, 0.6) is 11.5 Å². The Balaban J connectivity index is 2.35. The van der Waals surface area contributed by atoms with Gasteiger partial charge in [-0.3, -0.25) is 4.79 Å². The molecule has 7 heteroatoms. The summed E-state index contributed by atoms with van der Waals surface area (Å²) in [5.74, 6) is -0.505. The van der Waals surface area contributed by atoms with Crippen molar-refractivity contribution in [3.63, 3.8) is 0 Å². The summed E-state index contributed by atoms with van der Waals surface area (Å²) < 4.78 is 34.6. The van der Waals surface area contributed by atoms with Gasteiger partial charge in [-0.2, -0.15) is 14.0 Å². The molecule has 4 nitrogen and oxygen atoms in total. The van der Waals surface area contributed by atoms with Crippen molar-refractivity contribution >= 4 is 23.5 Å². The van der Waals surface area contributed by atoms with E-state index in [1.54, 1.807) is 19.1 Å². The quantitative estimate of drug-likeness (QED) is 0.381. The minimum atomic E-state index is -2.99. The van der Waals surface area contributed by atoms with Gasteiger partial charge in [-0.1, -0.05) is 17.7 Å². The van der Waals surface area contributed by atoms with E-state index in [1.165, 1.54) is 36.4 Å². The number of nitrogens with zero attached hydrogens (tertiary/aromatic N) is 1. The Morgan fingerprint density at radius 1 is 1.23 bits per heavy atom. The van der Waals surface area contributed by atoms with Gasteiger partial charge in [-0.05, 0) is 55.0 Å². The molecule has 0 aliphatic carbocycles. The molecule has 2 rings (SSSR count). The van der Waals surface area contributed by atoms with Crippen LogP contribution in [-0.2, 0) is 0 Å². The number of rotatable bonds is 7. The maximum atomic E-state index is 12.4. The first-order valence-electron chi connectivity index (χ1n) is 7.58. The number of allylic oxidation sites excluding steroid dienone is 1. The molecule has 0 radical (unpaired) electrons. The molecule has 26 heavy (non-hydrogen) atoms. The third-order valence-corrected chi connectivity index (χ3v) is 3.52. The standard InChI is InChI=1S/C19H14ClF2NO3/c1-2-25-17-10-12(3-8-16(17)26-19(21)22)9-14(11-23)18(24)13-4-6-15(20)7-5-13/h3-10,19H,2H2,1H3/b14-9+. The SMILES string of the molecule is CCOc1cc(/C=C(\C#N)C(=O)c2ccc(Cl)cc2)ccc1OC(F)F. The Morgan fingerprint density at radius 3 is 2.50 bits per heavy atom. The maximum Gasteiger partial charge on any atom is 0.387 e. The summed E-state index contributed by atoms with van der Waals surface area (Å²) in [6.45, 7) is -1.06. The number of hydrogen-bond donors (Lipinski definition) is 0. The van der Waals surface area contributed by atoms with Gasteiger partial charge in [0.25, 0.3) is 0 Å². The number of alkyl halides is 2. The van der Waals surface area contributed by atoms with Crippen LogP contribution in [0, 0.1) is 11.3 Å². The number of ether oxygens (including phenoxy) is 2. The highest BCUT2D eigenvalue weighted by molar-refractivity contribution is 6.30. The molecule has 0 unspecified atom stereocenters. The van der Waals surface area contributed by atoms with Crippen LogP contribution in [0.3, 0.4) is 0 Å². The number of Topliss-reactive ketones (excluding diaryl/α,β-unsaturated/α-hetero) is 1. The van der Waals surface area contributed by atoms with Crippen LogP contribution in [0.15, 0.2) is 48.0 Å². The number of ketones is 1. The van der Waals surface area contributed by atoms with Crippen molar-refractivity contribution in [2.24, 2.45) is 0 Å². The normalized spacial score (nSPS) is 11.2. The lowest BCUT2D eigenvalue weighted by Gasteiger charge is -2.11. The van der Waals surface area contributed by atoms with E-state index in [-0.39, 0.29) is 23.7 Å². The van der Waals surface area contributed by atoms with Crippen LogP contribution in [0.25, 0.3) is 6.08 Å². The van der Waals surface area contributed by atoms with Gasteiger partial charge in [-0.15, -0.1) is 0 Å². The third-order valence-electron chi connectivity index (χ3n) is 3.27. The van der Waals surface area contributed by atoms with Crippen LogP contribution in [0.4, 0.5) is 8.78 Å². The number of halogens is 3. The molecule has 0 aliphatic heterocycles. The van der Waals surface area contributed by atoms with Crippen LogP contribution in [0.2, 0.25) is 5.02 Å². The molecule has 0 aromatic heterocycles. The van der Waals surface area contributed by atoms with E-state index in [0.717, 1.165) is 0 Å². The first-order chi connectivity index (χ1) is 12.4. The minimum Gasteiger partial charge on any atom is -0.490 e. The summed E-state index contributed by atoms with van der Waals surface area (Å²) in [4.78, 5) is 12.4. The lowest BCUT2D eigenvalue weighted by Crippen LogP contribution is -2.05. The van der Waals surface area contributed by atoms with Gasteiger partial charge in [0, 0.05) is 10.6 Å². The fourth-order valence-electron chi connectivity index (χ4n) is 2.15. The summed E-state index contributed by atoms with van der Waals surface area (Å²) in [6, 6.07) is 12.1. The van der Waals surface area contributed by atoms with E-state index in [0.29, 0.717) is 16.1 Å². The molecule has 0 fully saturated rings. The van der Waals surface area contributed by atoms with Crippen molar-refractivity contribution in [1.29, 1.82) is 5.26 Å². The van der Waals surface area contributed by atoms with Crippen molar-refractivity contribution in [3.05, 3.63) is 64.2 Å². The lowest BCUT2D eigenvalue weighted by atomic mass is 10.0. The molecule has 2 aromatic rings. The lowest BCUT2D eigenvalue weighted by molar-refractivity contribution is -0.0514. The largest absolute Gasteiger partial charge is 0.490 e. The summed E-state index contributed by atoms with van der Waals surface area (Å²) in [5.41, 5.74) is 0.635. The van der Waals surface area contributed by atoms with E-state index in [2.05, 4.69) is 4.74 Å². The molecule has 0 amide bonds. The van der Waals surface area contributed by atoms with E-state index in [9.17, 15) is 18.8 Å². The minimum absolute atomic E-state index is 0.0952. The van der Waals surface area contributed by atoms with Crippen LogP contribution in [0.1, 0.15) is 22.8 Å². The smallest absolute Gasteiger partial charge is 0.387 e. The second kappa shape index (κ2) is 8.97. The van der Waals surface area contributed by atoms with Gasteiger partial charge >= 0.3 is 6.61 Å². The Bertz CT molecular complexity index is 858. The summed E-state index contributed by atoms with van der Waals surface area (Å²) in [7, 11) is 0. The fraction of sp³-hybridized carbons (Fsp3) is 0.158. The van der Waals surface area contributed by atoms with Crippen LogP contribution in [-0.4, -0.2) is 19.0 Å². The van der Waals surface area contributed by atoms with Gasteiger partial charge in [-0.25, -0.2) is 0 Å². The highest BCUT2D eigenvalue weighted by Gasteiger charge is 2.14. The van der Waals surface area contributed by atoms with Gasteiger partial charge in [0.15, 0.2) is 11.5 Å². The Labute approximate surface area is 154 Å². The monoisotopic (exact) mass is 377 g/mol. The topological polar surface area (TPSA) is 59.3 Å². The molecule has 0 saturated heterocycles. The van der Waals surface area contributed by atoms with Gasteiger partial charge in [0.2, 0.25) is 5.78 Å². The molecular weight excluding hydrogens is 364 g/mol. The molecule has 0 aliphatic rings. The highest BCUT2D eigenvalue weighted by Crippen LogP contribution is 2.31. The Morgan fingerprint density at radius 2 is 1.92 bits per heavy atom. The molecular formula is C19H14ClF2NO3. The zero-order chi connectivity index (χ0) is 19.1. The zero-order valence-corrected chi connectivity index (χ0v) is 14.5.